The molecule has 1 heterocycles. The molecule has 0 aliphatic carbocycles. The van der Waals surface area contributed by atoms with E-state index in [0.717, 1.165) is 0 Å². The van der Waals surface area contributed by atoms with Gasteiger partial charge in [0.15, 0.2) is 0 Å². The molecule has 0 unspecified atom stereocenters. The van der Waals surface area contributed by atoms with Crippen molar-refractivity contribution in [2.75, 3.05) is 5.73 Å². The highest BCUT2D eigenvalue weighted by Crippen LogP contribution is 2.24. The number of nitrogen functional groups attached to an aromatic ring is 1. The summed E-state index contributed by atoms with van der Waals surface area (Å²) in [6.07, 6.45) is 3.53. The molecule has 0 radical (unpaired) electrons. The van der Waals surface area contributed by atoms with Crippen LogP contribution in [0.3, 0.4) is 0 Å². The van der Waals surface area contributed by atoms with E-state index in [1.54, 1.807) is 23.0 Å². The van der Waals surface area contributed by atoms with Gasteiger partial charge in [0.2, 0.25) is 0 Å². The summed E-state index contributed by atoms with van der Waals surface area (Å²) in [5.74, 6) is 0.306. The molecule has 0 aliphatic rings. The summed E-state index contributed by atoms with van der Waals surface area (Å²) in [7, 11) is 0. The maximum atomic E-state index is 13.3. The largest absolute Gasteiger partial charge is 0.399 e. The third kappa shape index (κ3) is 2.50. The summed E-state index contributed by atoms with van der Waals surface area (Å²) in [4.78, 5) is 0.583. The van der Waals surface area contributed by atoms with Crippen LogP contribution in [0.15, 0.2) is 41.6 Å². The van der Waals surface area contributed by atoms with Crippen LogP contribution in [0, 0.1) is 5.82 Å². The quantitative estimate of drug-likeness (QED) is 0.641. The lowest BCUT2D eigenvalue weighted by Crippen LogP contribution is -1.95. The number of aromatic nitrogens is 2. The van der Waals surface area contributed by atoms with E-state index >= 15 is 0 Å². The number of thioether (sulfide) groups is 1. The monoisotopic (exact) mass is 223 g/mol. The van der Waals surface area contributed by atoms with Gasteiger partial charge < -0.3 is 5.73 Å². The van der Waals surface area contributed by atoms with Crippen LogP contribution in [0.5, 0.6) is 0 Å². The summed E-state index contributed by atoms with van der Waals surface area (Å²) in [5.41, 5.74) is 5.89. The molecular formula is C10H10FN3S. The van der Waals surface area contributed by atoms with Crippen molar-refractivity contribution in [1.82, 2.24) is 9.78 Å². The minimum absolute atomic E-state index is 0.285. The molecule has 1 aromatic heterocycles. The van der Waals surface area contributed by atoms with E-state index in [9.17, 15) is 4.39 Å². The van der Waals surface area contributed by atoms with Gasteiger partial charge in [-0.25, -0.2) is 4.39 Å². The van der Waals surface area contributed by atoms with E-state index in [1.807, 2.05) is 12.3 Å². The zero-order chi connectivity index (χ0) is 10.7. The van der Waals surface area contributed by atoms with Crippen LogP contribution in [0.1, 0.15) is 0 Å². The first-order valence-electron chi connectivity index (χ1n) is 4.41. The summed E-state index contributed by atoms with van der Waals surface area (Å²) >= 11 is 1.38. The molecule has 0 aliphatic heterocycles. The van der Waals surface area contributed by atoms with Crippen molar-refractivity contribution in [3.05, 3.63) is 42.5 Å². The van der Waals surface area contributed by atoms with Crippen molar-refractivity contribution in [3.8, 4) is 0 Å². The lowest BCUT2D eigenvalue weighted by molar-refractivity contribution is 0.602. The first kappa shape index (κ1) is 10.0. The molecule has 0 bridgehead atoms. The molecule has 2 aromatic rings. The normalized spacial score (nSPS) is 10.5. The first-order chi connectivity index (χ1) is 7.25. The third-order valence-corrected chi connectivity index (χ3v) is 2.90. The van der Waals surface area contributed by atoms with Gasteiger partial charge in [0.25, 0.3) is 0 Å². The smallest absolute Gasteiger partial charge is 0.138 e. The van der Waals surface area contributed by atoms with Crippen LogP contribution < -0.4 is 5.73 Å². The van der Waals surface area contributed by atoms with Crippen molar-refractivity contribution in [1.29, 1.82) is 0 Å². The SMILES string of the molecule is Nc1ccc(SCn2cccn2)c(F)c1. The van der Waals surface area contributed by atoms with Gasteiger partial charge in [-0.3, -0.25) is 4.68 Å². The molecular weight excluding hydrogens is 213 g/mol. The molecule has 5 heteroatoms. The highest BCUT2D eigenvalue weighted by Gasteiger charge is 2.03. The molecule has 0 saturated heterocycles. The molecule has 0 atom stereocenters. The first-order valence-corrected chi connectivity index (χ1v) is 5.39. The Labute approximate surface area is 91.1 Å². The van der Waals surface area contributed by atoms with E-state index in [-0.39, 0.29) is 5.82 Å². The standard InChI is InChI=1S/C10H10FN3S/c11-9-6-8(12)2-3-10(9)15-7-14-5-1-4-13-14/h1-6H,7,12H2. The highest BCUT2D eigenvalue weighted by molar-refractivity contribution is 7.98. The van der Waals surface area contributed by atoms with Crippen molar-refractivity contribution < 1.29 is 4.39 Å². The van der Waals surface area contributed by atoms with Gasteiger partial charge in [0, 0.05) is 23.0 Å². The fourth-order valence-electron chi connectivity index (χ4n) is 1.15. The van der Waals surface area contributed by atoms with Crippen molar-refractivity contribution in [3.63, 3.8) is 0 Å². The van der Waals surface area contributed by atoms with Crippen LogP contribution in [0.2, 0.25) is 0 Å². The number of hydrogen-bond acceptors (Lipinski definition) is 3. The Hall–Kier alpha value is -1.49. The summed E-state index contributed by atoms with van der Waals surface area (Å²) in [6.45, 7) is 0. The number of halogens is 1. The van der Waals surface area contributed by atoms with Crippen LogP contribution >= 0.6 is 11.8 Å². The Bertz CT molecular complexity index is 442. The van der Waals surface area contributed by atoms with Gasteiger partial charge in [0.1, 0.15) is 5.82 Å². The Morgan fingerprint density at radius 2 is 2.33 bits per heavy atom. The average molecular weight is 223 g/mol. The van der Waals surface area contributed by atoms with Gasteiger partial charge in [-0.15, -0.1) is 0 Å². The van der Waals surface area contributed by atoms with Crippen molar-refractivity contribution >= 4 is 17.4 Å². The van der Waals surface area contributed by atoms with Gasteiger partial charge >= 0.3 is 0 Å². The van der Waals surface area contributed by atoms with Crippen LogP contribution in [-0.2, 0) is 5.88 Å². The fourth-order valence-corrected chi connectivity index (χ4v) is 1.93. The minimum Gasteiger partial charge on any atom is -0.399 e. The molecule has 0 amide bonds. The maximum absolute atomic E-state index is 13.3. The van der Waals surface area contributed by atoms with E-state index in [1.165, 1.54) is 17.8 Å². The Kier molecular flexibility index (Phi) is 2.91. The second-order valence-electron chi connectivity index (χ2n) is 3.01. The molecule has 2 N–H and O–H groups in total. The molecule has 0 spiro atoms. The summed E-state index contributed by atoms with van der Waals surface area (Å²) in [6, 6.07) is 6.53. The van der Waals surface area contributed by atoms with Crippen LogP contribution in [-0.4, -0.2) is 9.78 Å². The van der Waals surface area contributed by atoms with E-state index in [0.29, 0.717) is 16.5 Å². The summed E-state index contributed by atoms with van der Waals surface area (Å²) in [5, 5.41) is 4.03. The molecule has 2 rings (SSSR count). The second kappa shape index (κ2) is 4.35. The number of hydrogen-bond donors (Lipinski definition) is 1. The van der Waals surface area contributed by atoms with Gasteiger partial charge in [-0.05, 0) is 24.3 Å². The lowest BCUT2D eigenvalue weighted by Gasteiger charge is -2.03. The minimum atomic E-state index is -0.285. The van der Waals surface area contributed by atoms with Gasteiger partial charge in [-0.1, -0.05) is 11.8 Å². The zero-order valence-corrected chi connectivity index (χ0v) is 8.75. The number of rotatable bonds is 3. The molecule has 15 heavy (non-hydrogen) atoms. The predicted molar refractivity (Wildman–Crippen MR) is 58.9 cm³/mol. The lowest BCUT2D eigenvalue weighted by atomic mass is 10.3. The van der Waals surface area contributed by atoms with E-state index < -0.39 is 0 Å². The van der Waals surface area contributed by atoms with Crippen molar-refractivity contribution in [2.45, 2.75) is 10.8 Å². The maximum Gasteiger partial charge on any atom is 0.138 e. The molecule has 1 aromatic carbocycles. The van der Waals surface area contributed by atoms with Crippen LogP contribution in [0.4, 0.5) is 10.1 Å². The fraction of sp³-hybridized carbons (Fsp3) is 0.100. The van der Waals surface area contributed by atoms with Crippen LogP contribution in [0.25, 0.3) is 0 Å². The highest BCUT2D eigenvalue weighted by atomic mass is 32.2. The third-order valence-electron chi connectivity index (χ3n) is 1.87. The molecule has 0 fully saturated rings. The average Bonchev–Trinajstić information content (AvgIpc) is 2.69. The topological polar surface area (TPSA) is 43.8 Å². The van der Waals surface area contributed by atoms with E-state index in [4.69, 9.17) is 5.73 Å². The Balaban J connectivity index is 2.05. The molecule has 78 valence electrons. The number of nitrogens with zero attached hydrogens (tertiary/aromatic N) is 2. The van der Waals surface area contributed by atoms with E-state index in [2.05, 4.69) is 5.10 Å². The molecule has 3 nitrogen and oxygen atoms in total. The van der Waals surface area contributed by atoms with Crippen molar-refractivity contribution in [2.24, 2.45) is 0 Å². The Morgan fingerprint density at radius 1 is 1.47 bits per heavy atom. The van der Waals surface area contributed by atoms with Gasteiger partial charge in [0.05, 0.1) is 5.88 Å². The van der Waals surface area contributed by atoms with Gasteiger partial charge in [-0.2, -0.15) is 5.10 Å². The number of nitrogens with two attached hydrogens (primary N) is 1. The predicted octanol–water partition coefficient (Wildman–Crippen LogP) is 2.35. The zero-order valence-electron chi connectivity index (χ0n) is 7.93. The number of benzene rings is 1. The second-order valence-corrected chi connectivity index (χ2v) is 4.00. The summed E-state index contributed by atoms with van der Waals surface area (Å²) < 4.78 is 15.1. The number of anilines is 1. The Morgan fingerprint density at radius 3 is 3.00 bits per heavy atom. The molecule has 0 saturated carbocycles.